The summed E-state index contributed by atoms with van der Waals surface area (Å²) < 4.78 is 0. The van der Waals surface area contributed by atoms with Crippen molar-refractivity contribution in [2.75, 3.05) is 0 Å². The predicted molar refractivity (Wildman–Crippen MR) is 45.9 cm³/mol. The monoisotopic (exact) mass is 134 g/mol. The van der Waals surface area contributed by atoms with Crippen molar-refractivity contribution in [2.45, 2.75) is 26.7 Å². The van der Waals surface area contributed by atoms with Gasteiger partial charge in [0.2, 0.25) is 0 Å². The van der Waals surface area contributed by atoms with Gasteiger partial charge in [0.1, 0.15) is 0 Å². The first kappa shape index (κ1) is 7.33. The van der Waals surface area contributed by atoms with Gasteiger partial charge in [-0.25, -0.2) is 0 Å². The molecule has 0 amide bonds. The maximum atomic E-state index is 2.28. The average molecular weight is 134 g/mol. The summed E-state index contributed by atoms with van der Waals surface area (Å²) in [5.74, 6) is 0. The second-order valence-corrected chi connectivity index (χ2v) is 2.86. The lowest BCUT2D eigenvalue weighted by Gasteiger charge is -2.00. The van der Waals surface area contributed by atoms with Crippen LogP contribution in [0.3, 0.4) is 0 Å². The van der Waals surface area contributed by atoms with Gasteiger partial charge in [-0.3, -0.25) is 0 Å². The fraction of sp³-hybridized carbons (Fsp3) is 0.400. The third-order valence-electron chi connectivity index (χ3n) is 1.74. The van der Waals surface area contributed by atoms with Crippen LogP contribution in [-0.4, -0.2) is 0 Å². The Labute approximate surface area is 62.9 Å². The quantitative estimate of drug-likeness (QED) is 0.477. The minimum absolute atomic E-state index is 1.19. The van der Waals surface area contributed by atoms with Crippen LogP contribution < -0.4 is 0 Å². The second kappa shape index (κ2) is 3.40. The van der Waals surface area contributed by atoms with Crippen molar-refractivity contribution in [3.05, 3.63) is 35.5 Å². The van der Waals surface area contributed by atoms with Crippen LogP contribution in [0.15, 0.2) is 35.5 Å². The highest BCUT2D eigenvalue weighted by Gasteiger charge is 1.90. The van der Waals surface area contributed by atoms with Gasteiger partial charge in [0.05, 0.1) is 0 Å². The van der Waals surface area contributed by atoms with E-state index in [4.69, 9.17) is 0 Å². The molecule has 0 atom stereocenters. The van der Waals surface area contributed by atoms with Crippen molar-refractivity contribution in [1.82, 2.24) is 0 Å². The maximum absolute atomic E-state index is 2.28. The summed E-state index contributed by atoms with van der Waals surface area (Å²) in [5, 5.41) is 0. The number of rotatable bonds is 0. The molecule has 0 unspecified atom stereocenters. The van der Waals surface area contributed by atoms with E-state index in [1.165, 1.54) is 24.0 Å². The van der Waals surface area contributed by atoms with Gasteiger partial charge in [-0.05, 0) is 26.7 Å². The number of hydrogen-bond donors (Lipinski definition) is 0. The summed E-state index contributed by atoms with van der Waals surface area (Å²) in [7, 11) is 0. The molecule has 0 saturated heterocycles. The van der Waals surface area contributed by atoms with Gasteiger partial charge in [0.25, 0.3) is 0 Å². The van der Waals surface area contributed by atoms with Gasteiger partial charge < -0.3 is 0 Å². The van der Waals surface area contributed by atoms with Crippen LogP contribution in [0.4, 0.5) is 0 Å². The zero-order valence-corrected chi connectivity index (χ0v) is 6.72. The fourth-order valence-corrected chi connectivity index (χ4v) is 1.04. The summed E-state index contributed by atoms with van der Waals surface area (Å²) in [6, 6.07) is 0. The van der Waals surface area contributed by atoms with Gasteiger partial charge in [-0.15, -0.1) is 0 Å². The summed E-state index contributed by atoms with van der Waals surface area (Å²) in [6.45, 7) is 4.32. The molecule has 0 N–H and O–H groups in total. The lowest BCUT2D eigenvalue weighted by Crippen LogP contribution is -1.79. The minimum atomic E-state index is 1.19. The summed E-state index contributed by atoms with van der Waals surface area (Å²) in [4.78, 5) is 0. The van der Waals surface area contributed by atoms with E-state index in [1.807, 2.05) is 0 Å². The molecule has 1 aliphatic carbocycles. The Morgan fingerprint density at radius 3 is 2.90 bits per heavy atom. The van der Waals surface area contributed by atoms with E-state index in [0.717, 1.165) is 0 Å². The van der Waals surface area contributed by atoms with Gasteiger partial charge in [0, 0.05) is 0 Å². The molecule has 0 nitrogen and oxygen atoms in total. The minimum Gasteiger partial charge on any atom is -0.0813 e. The van der Waals surface area contributed by atoms with Crippen LogP contribution in [0.2, 0.25) is 0 Å². The molecule has 1 rings (SSSR count). The van der Waals surface area contributed by atoms with Crippen molar-refractivity contribution < 1.29 is 0 Å². The Bertz CT molecular complexity index is 192. The van der Waals surface area contributed by atoms with Crippen LogP contribution in [-0.2, 0) is 0 Å². The molecule has 0 aromatic rings. The van der Waals surface area contributed by atoms with Crippen molar-refractivity contribution in [2.24, 2.45) is 0 Å². The van der Waals surface area contributed by atoms with Crippen molar-refractivity contribution >= 4 is 0 Å². The van der Waals surface area contributed by atoms with Crippen LogP contribution in [0, 0.1) is 0 Å². The highest BCUT2D eigenvalue weighted by molar-refractivity contribution is 5.24. The molecule has 0 heteroatoms. The molecule has 0 spiro atoms. The maximum Gasteiger partial charge on any atom is -0.0285 e. The molecule has 0 saturated carbocycles. The Balaban J connectivity index is 2.70. The van der Waals surface area contributed by atoms with Crippen LogP contribution >= 0.6 is 0 Å². The lowest BCUT2D eigenvalue weighted by molar-refractivity contribution is 0.968. The second-order valence-electron chi connectivity index (χ2n) is 2.86. The zero-order valence-electron chi connectivity index (χ0n) is 6.72. The Hall–Kier alpha value is -0.780. The molecule has 0 heterocycles. The van der Waals surface area contributed by atoms with Crippen LogP contribution in [0.25, 0.3) is 0 Å². The third kappa shape index (κ3) is 2.22. The molecule has 0 bridgehead atoms. The van der Waals surface area contributed by atoms with E-state index in [0.29, 0.717) is 0 Å². The van der Waals surface area contributed by atoms with Crippen molar-refractivity contribution in [3.63, 3.8) is 0 Å². The van der Waals surface area contributed by atoms with Gasteiger partial charge in [-0.1, -0.05) is 35.5 Å². The number of allylic oxidation sites excluding steroid dienone is 6. The molecule has 0 aliphatic heterocycles. The van der Waals surface area contributed by atoms with Crippen LogP contribution in [0.5, 0.6) is 0 Å². The third-order valence-corrected chi connectivity index (χ3v) is 1.74. The van der Waals surface area contributed by atoms with E-state index in [1.54, 1.807) is 0 Å². The summed E-state index contributed by atoms with van der Waals surface area (Å²) >= 11 is 0. The van der Waals surface area contributed by atoms with E-state index in [2.05, 4.69) is 38.2 Å². The first-order valence-corrected chi connectivity index (χ1v) is 3.79. The molecule has 0 aromatic heterocycles. The molecule has 1 aliphatic rings. The molecule has 0 radical (unpaired) electrons. The Kier molecular flexibility index (Phi) is 2.49. The molecular formula is C10H14. The normalized spacial score (nSPS) is 19.0. The highest BCUT2D eigenvalue weighted by Crippen LogP contribution is 2.10. The van der Waals surface area contributed by atoms with E-state index >= 15 is 0 Å². The first-order chi connectivity index (χ1) is 4.79. The van der Waals surface area contributed by atoms with E-state index in [-0.39, 0.29) is 0 Å². The van der Waals surface area contributed by atoms with E-state index < -0.39 is 0 Å². The number of hydrogen-bond acceptors (Lipinski definition) is 0. The SMILES string of the molecule is CC1=CCCC(C)=CC=C1. The fourth-order valence-electron chi connectivity index (χ4n) is 1.04. The summed E-state index contributed by atoms with van der Waals surface area (Å²) in [6.07, 6.45) is 11.2. The van der Waals surface area contributed by atoms with Crippen molar-refractivity contribution in [3.8, 4) is 0 Å². The standard InChI is InChI=1S/C10H14/c1-9-5-3-7-10(2)8-4-6-9/h3,5-7H,4,8H2,1-2H3. The van der Waals surface area contributed by atoms with Gasteiger partial charge in [0.15, 0.2) is 0 Å². The zero-order chi connectivity index (χ0) is 7.40. The summed E-state index contributed by atoms with van der Waals surface area (Å²) in [5.41, 5.74) is 2.85. The molecule has 10 heavy (non-hydrogen) atoms. The van der Waals surface area contributed by atoms with Gasteiger partial charge >= 0.3 is 0 Å². The predicted octanol–water partition coefficient (Wildman–Crippen LogP) is 3.23. The molecular weight excluding hydrogens is 120 g/mol. The Morgan fingerprint density at radius 1 is 1.30 bits per heavy atom. The van der Waals surface area contributed by atoms with Gasteiger partial charge in [-0.2, -0.15) is 0 Å². The van der Waals surface area contributed by atoms with Crippen LogP contribution in [0.1, 0.15) is 26.7 Å². The molecule has 0 fully saturated rings. The Morgan fingerprint density at radius 2 is 2.10 bits per heavy atom. The smallest absolute Gasteiger partial charge is 0.0285 e. The topological polar surface area (TPSA) is 0 Å². The lowest BCUT2D eigenvalue weighted by atomic mass is 10.1. The largest absolute Gasteiger partial charge is 0.0813 e. The molecule has 54 valence electrons. The molecule has 0 aromatic carbocycles. The van der Waals surface area contributed by atoms with Crippen molar-refractivity contribution in [1.29, 1.82) is 0 Å². The first-order valence-electron chi connectivity index (χ1n) is 3.79. The highest BCUT2D eigenvalue weighted by atomic mass is 14.0. The van der Waals surface area contributed by atoms with E-state index in [9.17, 15) is 0 Å². The average Bonchev–Trinajstić information content (AvgIpc) is 1.84.